The molecule has 0 aromatic heterocycles. The molecule has 1 heterocycles. The third kappa shape index (κ3) is 2.82. The first-order valence-corrected chi connectivity index (χ1v) is 7.50. The average molecular weight is 332 g/mol. The minimum absolute atomic E-state index is 0.150. The minimum atomic E-state index is -4.75. The molecule has 1 amide bonds. The van der Waals surface area contributed by atoms with E-state index < -0.39 is 23.0 Å². The van der Waals surface area contributed by atoms with Crippen molar-refractivity contribution in [2.45, 2.75) is 40.0 Å². The van der Waals surface area contributed by atoms with Crippen molar-refractivity contribution < 1.29 is 22.4 Å². The van der Waals surface area contributed by atoms with Crippen molar-refractivity contribution in [2.24, 2.45) is 5.41 Å². The SMILES string of the molecule is CCN(CC)C1N(c2ccc(C(F)(F)F)c(F)c2)C(=O)C1(C)C. The minimum Gasteiger partial charge on any atom is -0.294 e. The van der Waals surface area contributed by atoms with Crippen molar-refractivity contribution in [1.82, 2.24) is 4.90 Å². The highest BCUT2D eigenvalue weighted by Crippen LogP contribution is 2.44. The van der Waals surface area contributed by atoms with Gasteiger partial charge in [0.25, 0.3) is 0 Å². The van der Waals surface area contributed by atoms with Gasteiger partial charge in [0, 0.05) is 5.69 Å². The summed E-state index contributed by atoms with van der Waals surface area (Å²) in [5.74, 6) is -1.60. The van der Waals surface area contributed by atoms with E-state index in [4.69, 9.17) is 0 Å². The Hall–Kier alpha value is -1.63. The number of anilines is 1. The Morgan fingerprint density at radius 2 is 1.78 bits per heavy atom. The van der Waals surface area contributed by atoms with Crippen molar-refractivity contribution in [3.05, 3.63) is 29.6 Å². The number of carbonyl (C=O) groups excluding carboxylic acids is 1. The summed E-state index contributed by atoms with van der Waals surface area (Å²) in [5, 5.41) is 0. The normalized spacial score (nSPS) is 20.8. The molecule has 1 aromatic carbocycles. The smallest absolute Gasteiger partial charge is 0.294 e. The fraction of sp³-hybridized carbons (Fsp3) is 0.562. The molecular formula is C16H20F4N2O. The van der Waals surface area contributed by atoms with Gasteiger partial charge in [0.05, 0.1) is 11.0 Å². The van der Waals surface area contributed by atoms with Crippen LogP contribution < -0.4 is 4.90 Å². The highest BCUT2D eigenvalue weighted by molar-refractivity contribution is 6.05. The predicted octanol–water partition coefficient (Wildman–Crippen LogP) is 3.89. The molecule has 23 heavy (non-hydrogen) atoms. The summed E-state index contributed by atoms with van der Waals surface area (Å²) < 4.78 is 51.8. The molecule has 0 radical (unpaired) electrons. The Kier molecular flexibility index (Phi) is 4.45. The molecule has 1 fully saturated rings. The van der Waals surface area contributed by atoms with Gasteiger partial charge in [-0.15, -0.1) is 0 Å². The molecule has 1 aliphatic heterocycles. The number of benzene rings is 1. The average Bonchev–Trinajstić information content (AvgIpc) is 2.46. The molecule has 7 heteroatoms. The van der Waals surface area contributed by atoms with Crippen LogP contribution in [0.3, 0.4) is 0 Å². The third-order valence-corrected chi connectivity index (χ3v) is 4.35. The number of carbonyl (C=O) groups is 1. The summed E-state index contributed by atoms with van der Waals surface area (Å²) in [6.07, 6.45) is -5.06. The van der Waals surface area contributed by atoms with Crippen LogP contribution in [0.5, 0.6) is 0 Å². The second-order valence-corrected chi connectivity index (χ2v) is 6.15. The van der Waals surface area contributed by atoms with Gasteiger partial charge < -0.3 is 0 Å². The van der Waals surface area contributed by atoms with E-state index in [1.807, 2.05) is 18.7 Å². The van der Waals surface area contributed by atoms with Gasteiger partial charge >= 0.3 is 6.18 Å². The Bertz CT molecular complexity index is 609. The van der Waals surface area contributed by atoms with Crippen LogP contribution in [-0.2, 0) is 11.0 Å². The summed E-state index contributed by atoms with van der Waals surface area (Å²) >= 11 is 0. The van der Waals surface area contributed by atoms with Gasteiger partial charge in [0.15, 0.2) is 0 Å². The molecule has 0 aliphatic carbocycles. The fourth-order valence-electron chi connectivity index (χ4n) is 3.12. The zero-order valence-electron chi connectivity index (χ0n) is 13.5. The molecule has 1 aromatic rings. The number of β-lactam (4-membered cyclic amide) rings is 1. The van der Waals surface area contributed by atoms with E-state index in [2.05, 4.69) is 0 Å². The molecule has 0 saturated carbocycles. The number of hydrogen-bond acceptors (Lipinski definition) is 2. The molecular weight excluding hydrogens is 312 g/mol. The van der Waals surface area contributed by atoms with Gasteiger partial charge in [-0.2, -0.15) is 13.2 Å². The monoisotopic (exact) mass is 332 g/mol. The van der Waals surface area contributed by atoms with Crippen LogP contribution in [0.1, 0.15) is 33.3 Å². The maximum Gasteiger partial charge on any atom is 0.419 e. The molecule has 1 aliphatic rings. The number of hydrogen-bond donors (Lipinski definition) is 0. The topological polar surface area (TPSA) is 23.6 Å². The van der Waals surface area contributed by atoms with Crippen LogP contribution in [0.2, 0.25) is 0 Å². The van der Waals surface area contributed by atoms with Crippen LogP contribution >= 0.6 is 0 Å². The van der Waals surface area contributed by atoms with Crippen molar-refractivity contribution in [3.8, 4) is 0 Å². The first kappa shape index (κ1) is 17.7. The Balaban J connectivity index is 2.41. The van der Waals surface area contributed by atoms with Gasteiger partial charge in [0.1, 0.15) is 12.0 Å². The van der Waals surface area contributed by atoms with Gasteiger partial charge in [-0.25, -0.2) is 4.39 Å². The van der Waals surface area contributed by atoms with Gasteiger partial charge in [-0.3, -0.25) is 14.6 Å². The standard InChI is InChI=1S/C16H20F4N2O/c1-5-21(6-2)13-15(3,4)14(23)22(13)10-7-8-11(12(17)9-10)16(18,19)20/h7-9,13H,5-6H2,1-4H3. The van der Waals surface area contributed by atoms with Gasteiger partial charge in [0.2, 0.25) is 5.91 Å². The maximum absolute atomic E-state index is 13.8. The highest BCUT2D eigenvalue weighted by Gasteiger charge is 2.56. The summed E-state index contributed by atoms with van der Waals surface area (Å²) in [7, 11) is 0. The second-order valence-electron chi connectivity index (χ2n) is 6.15. The first-order chi connectivity index (χ1) is 10.6. The van der Waals surface area contributed by atoms with Crippen LogP contribution in [0.15, 0.2) is 18.2 Å². The van der Waals surface area contributed by atoms with E-state index in [-0.39, 0.29) is 17.8 Å². The Morgan fingerprint density at radius 1 is 1.22 bits per heavy atom. The van der Waals surface area contributed by atoms with Gasteiger partial charge in [-0.05, 0) is 45.1 Å². The highest BCUT2D eigenvalue weighted by atomic mass is 19.4. The molecule has 2 rings (SSSR count). The molecule has 1 unspecified atom stereocenters. The van der Waals surface area contributed by atoms with E-state index in [1.54, 1.807) is 13.8 Å². The number of halogens is 4. The zero-order valence-corrected chi connectivity index (χ0v) is 13.5. The molecule has 3 nitrogen and oxygen atoms in total. The molecule has 1 atom stereocenters. The van der Waals surface area contributed by atoms with Crippen molar-refractivity contribution in [2.75, 3.05) is 18.0 Å². The van der Waals surface area contributed by atoms with Crippen molar-refractivity contribution in [1.29, 1.82) is 0 Å². The van der Waals surface area contributed by atoms with Crippen LogP contribution in [0, 0.1) is 11.2 Å². The second kappa shape index (κ2) is 5.78. The van der Waals surface area contributed by atoms with E-state index >= 15 is 0 Å². The number of alkyl halides is 3. The molecule has 1 saturated heterocycles. The van der Waals surface area contributed by atoms with Crippen LogP contribution in [0.25, 0.3) is 0 Å². The predicted molar refractivity (Wildman–Crippen MR) is 79.4 cm³/mol. The lowest BCUT2D eigenvalue weighted by atomic mass is 9.77. The summed E-state index contributed by atoms with van der Waals surface area (Å²) in [4.78, 5) is 15.8. The zero-order chi connectivity index (χ0) is 17.6. The third-order valence-electron chi connectivity index (χ3n) is 4.35. The number of amides is 1. The lowest BCUT2D eigenvalue weighted by molar-refractivity contribution is -0.144. The Labute approximate surface area is 132 Å². The summed E-state index contributed by atoms with van der Waals surface area (Å²) in [6, 6.07) is 2.62. The fourth-order valence-corrected chi connectivity index (χ4v) is 3.12. The van der Waals surface area contributed by atoms with Crippen LogP contribution in [0.4, 0.5) is 23.2 Å². The quantitative estimate of drug-likeness (QED) is 0.617. The molecule has 0 spiro atoms. The maximum atomic E-state index is 13.8. The molecule has 128 valence electrons. The summed E-state index contributed by atoms with van der Waals surface area (Å²) in [6.45, 7) is 8.81. The largest absolute Gasteiger partial charge is 0.419 e. The van der Waals surface area contributed by atoms with Crippen molar-refractivity contribution in [3.63, 3.8) is 0 Å². The lowest BCUT2D eigenvalue weighted by Crippen LogP contribution is -2.73. The van der Waals surface area contributed by atoms with Crippen LogP contribution in [-0.4, -0.2) is 30.1 Å². The van der Waals surface area contributed by atoms with E-state index in [1.165, 1.54) is 4.90 Å². The number of rotatable bonds is 4. The van der Waals surface area contributed by atoms with E-state index in [0.717, 1.165) is 12.1 Å². The lowest BCUT2D eigenvalue weighted by Gasteiger charge is -2.56. The van der Waals surface area contributed by atoms with E-state index in [0.29, 0.717) is 19.2 Å². The molecule has 0 bridgehead atoms. The Morgan fingerprint density at radius 3 is 2.22 bits per heavy atom. The van der Waals surface area contributed by atoms with Crippen molar-refractivity contribution >= 4 is 11.6 Å². The number of nitrogens with zero attached hydrogens (tertiary/aromatic N) is 2. The van der Waals surface area contributed by atoms with Gasteiger partial charge in [-0.1, -0.05) is 13.8 Å². The summed E-state index contributed by atoms with van der Waals surface area (Å²) in [5.41, 5.74) is -1.84. The first-order valence-electron chi connectivity index (χ1n) is 7.50. The molecule has 0 N–H and O–H groups in total. The van der Waals surface area contributed by atoms with E-state index in [9.17, 15) is 22.4 Å².